The van der Waals surface area contributed by atoms with Crippen molar-refractivity contribution in [3.63, 3.8) is 0 Å². The minimum absolute atomic E-state index is 0.0916. The molecular formula is C8H7ClN2O3S2. The topological polar surface area (TPSA) is 72.2 Å². The van der Waals surface area contributed by atoms with Gasteiger partial charge in [0.25, 0.3) is 0 Å². The zero-order valence-electron chi connectivity index (χ0n) is 7.88. The molecule has 0 aromatic carbocycles. The third kappa shape index (κ3) is 2.62. The van der Waals surface area contributed by atoms with Gasteiger partial charge in [-0.3, -0.25) is 0 Å². The molecule has 0 aliphatic rings. The minimum atomic E-state index is -3.51. The van der Waals surface area contributed by atoms with E-state index in [2.05, 4.69) is 9.71 Å². The Morgan fingerprint density at radius 3 is 2.88 bits per heavy atom. The summed E-state index contributed by atoms with van der Waals surface area (Å²) in [5.74, 6) is 0. The molecule has 0 radical (unpaired) electrons. The average molecular weight is 279 g/mol. The van der Waals surface area contributed by atoms with Crippen LogP contribution < -0.4 is 4.72 Å². The lowest BCUT2D eigenvalue weighted by Crippen LogP contribution is -2.22. The highest BCUT2D eigenvalue weighted by Gasteiger charge is 2.16. The SMILES string of the molecule is O=S(=O)(NCc1cocn1)c1ccc(Cl)s1. The van der Waals surface area contributed by atoms with Crippen LogP contribution in [0.3, 0.4) is 0 Å². The van der Waals surface area contributed by atoms with Gasteiger partial charge in [0.2, 0.25) is 10.0 Å². The Hall–Kier alpha value is -0.890. The first kappa shape index (κ1) is 11.6. The van der Waals surface area contributed by atoms with Gasteiger partial charge in [-0.05, 0) is 12.1 Å². The number of rotatable bonds is 4. The normalized spacial score (nSPS) is 11.8. The maximum atomic E-state index is 11.7. The van der Waals surface area contributed by atoms with Crippen molar-refractivity contribution >= 4 is 33.0 Å². The number of aromatic nitrogens is 1. The predicted octanol–water partition coefficient (Wildman–Crippen LogP) is 1.87. The molecule has 0 bridgehead atoms. The number of hydrogen-bond donors (Lipinski definition) is 1. The van der Waals surface area contributed by atoms with E-state index >= 15 is 0 Å². The van der Waals surface area contributed by atoms with E-state index in [9.17, 15) is 8.42 Å². The number of oxazole rings is 1. The molecule has 2 heterocycles. The Morgan fingerprint density at radius 1 is 1.50 bits per heavy atom. The van der Waals surface area contributed by atoms with E-state index in [-0.39, 0.29) is 10.8 Å². The fourth-order valence-corrected chi connectivity index (χ4v) is 3.53. The van der Waals surface area contributed by atoms with Gasteiger partial charge < -0.3 is 4.42 Å². The zero-order chi connectivity index (χ0) is 11.6. The minimum Gasteiger partial charge on any atom is -0.451 e. The maximum Gasteiger partial charge on any atom is 0.250 e. The second-order valence-electron chi connectivity index (χ2n) is 2.86. The van der Waals surface area contributed by atoms with Crippen molar-refractivity contribution in [2.45, 2.75) is 10.8 Å². The number of thiophene rings is 1. The molecule has 8 heteroatoms. The lowest BCUT2D eigenvalue weighted by atomic mass is 10.5. The van der Waals surface area contributed by atoms with E-state index in [1.807, 2.05) is 0 Å². The first-order chi connectivity index (χ1) is 7.58. The standard InChI is InChI=1S/C8H7ClN2O3S2/c9-7-1-2-8(15-7)16(12,13)11-3-6-4-14-5-10-6/h1-2,4-5,11H,3H2. The maximum absolute atomic E-state index is 11.7. The molecule has 2 aromatic heterocycles. The van der Waals surface area contributed by atoms with Crippen LogP contribution in [-0.4, -0.2) is 13.4 Å². The van der Waals surface area contributed by atoms with Crippen molar-refractivity contribution in [2.24, 2.45) is 0 Å². The Kier molecular flexibility index (Phi) is 3.29. The Balaban J connectivity index is 2.09. The van der Waals surface area contributed by atoms with Crippen molar-refractivity contribution < 1.29 is 12.8 Å². The summed E-state index contributed by atoms with van der Waals surface area (Å²) in [4.78, 5) is 3.80. The van der Waals surface area contributed by atoms with Crippen LogP contribution in [0.15, 0.2) is 33.4 Å². The molecule has 1 N–H and O–H groups in total. The number of sulfonamides is 1. The van der Waals surface area contributed by atoms with Gasteiger partial charge in [-0.1, -0.05) is 11.6 Å². The summed E-state index contributed by atoms with van der Waals surface area (Å²) >= 11 is 6.67. The lowest BCUT2D eigenvalue weighted by Gasteiger charge is -2.01. The monoisotopic (exact) mass is 278 g/mol. The molecule has 0 aliphatic carbocycles. The Labute approximate surface area is 101 Å². The fourth-order valence-electron chi connectivity index (χ4n) is 1.01. The zero-order valence-corrected chi connectivity index (χ0v) is 10.3. The second-order valence-corrected chi connectivity index (χ2v) is 6.57. The van der Waals surface area contributed by atoms with Crippen molar-refractivity contribution in [1.29, 1.82) is 0 Å². The van der Waals surface area contributed by atoms with E-state index in [1.54, 1.807) is 0 Å². The van der Waals surface area contributed by atoms with Crippen LogP contribution in [-0.2, 0) is 16.6 Å². The van der Waals surface area contributed by atoms with Gasteiger partial charge in [0.1, 0.15) is 10.5 Å². The summed E-state index contributed by atoms with van der Waals surface area (Å²) in [5.41, 5.74) is 0.520. The van der Waals surface area contributed by atoms with E-state index in [0.717, 1.165) is 11.3 Å². The van der Waals surface area contributed by atoms with Gasteiger partial charge in [0.05, 0.1) is 16.6 Å². The summed E-state index contributed by atoms with van der Waals surface area (Å²) in [7, 11) is -3.51. The van der Waals surface area contributed by atoms with Crippen LogP contribution in [0.1, 0.15) is 5.69 Å². The summed E-state index contributed by atoms with van der Waals surface area (Å²) < 4.78 is 31.2. The van der Waals surface area contributed by atoms with Gasteiger partial charge >= 0.3 is 0 Å². The highest BCUT2D eigenvalue weighted by molar-refractivity contribution is 7.91. The van der Waals surface area contributed by atoms with Gasteiger partial charge in [0.15, 0.2) is 6.39 Å². The van der Waals surface area contributed by atoms with Gasteiger partial charge in [0, 0.05) is 0 Å². The van der Waals surface area contributed by atoms with Crippen molar-refractivity contribution in [3.05, 3.63) is 34.8 Å². The first-order valence-electron chi connectivity index (χ1n) is 4.20. The quantitative estimate of drug-likeness (QED) is 0.927. The van der Waals surface area contributed by atoms with Crippen molar-refractivity contribution in [1.82, 2.24) is 9.71 Å². The van der Waals surface area contributed by atoms with Crippen LogP contribution in [0.4, 0.5) is 0 Å². The molecular weight excluding hydrogens is 272 g/mol. The van der Waals surface area contributed by atoms with Crippen LogP contribution >= 0.6 is 22.9 Å². The van der Waals surface area contributed by atoms with E-state index in [1.165, 1.54) is 24.8 Å². The third-order valence-corrected chi connectivity index (χ3v) is 4.86. The van der Waals surface area contributed by atoms with E-state index in [4.69, 9.17) is 16.0 Å². The third-order valence-electron chi connectivity index (χ3n) is 1.74. The van der Waals surface area contributed by atoms with Crippen LogP contribution in [0.25, 0.3) is 0 Å². The molecule has 86 valence electrons. The second kappa shape index (κ2) is 4.54. The fraction of sp³-hybridized carbons (Fsp3) is 0.125. The van der Waals surface area contributed by atoms with Crippen molar-refractivity contribution in [2.75, 3.05) is 0 Å². The lowest BCUT2D eigenvalue weighted by molar-refractivity contribution is 0.555. The van der Waals surface area contributed by atoms with E-state index in [0.29, 0.717) is 10.0 Å². The highest BCUT2D eigenvalue weighted by atomic mass is 35.5. The molecule has 16 heavy (non-hydrogen) atoms. The van der Waals surface area contributed by atoms with Gasteiger partial charge in [-0.15, -0.1) is 11.3 Å². The summed E-state index contributed by atoms with van der Waals surface area (Å²) in [6, 6.07) is 3.00. The smallest absolute Gasteiger partial charge is 0.250 e. The van der Waals surface area contributed by atoms with Crippen LogP contribution in [0, 0.1) is 0 Å². The summed E-state index contributed by atoms with van der Waals surface area (Å²) in [6.07, 6.45) is 2.62. The number of halogens is 1. The Bertz CT molecular complexity index is 562. The van der Waals surface area contributed by atoms with Crippen LogP contribution in [0.2, 0.25) is 4.34 Å². The van der Waals surface area contributed by atoms with Crippen molar-refractivity contribution in [3.8, 4) is 0 Å². The molecule has 0 unspecified atom stereocenters. The summed E-state index contributed by atoms with van der Waals surface area (Å²) in [6.45, 7) is 0.0916. The number of nitrogens with zero attached hydrogens (tertiary/aromatic N) is 1. The largest absolute Gasteiger partial charge is 0.451 e. The first-order valence-corrected chi connectivity index (χ1v) is 6.88. The predicted molar refractivity (Wildman–Crippen MR) is 59.9 cm³/mol. The van der Waals surface area contributed by atoms with Gasteiger partial charge in [-0.2, -0.15) is 0 Å². The van der Waals surface area contributed by atoms with Gasteiger partial charge in [-0.25, -0.2) is 18.1 Å². The Morgan fingerprint density at radius 2 is 2.31 bits per heavy atom. The molecule has 0 saturated carbocycles. The number of nitrogens with one attached hydrogen (secondary N) is 1. The average Bonchev–Trinajstić information content (AvgIpc) is 2.85. The molecule has 2 aromatic rings. The molecule has 0 saturated heterocycles. The molecule has 5 nitrogen and oxygen atoms in total. The molecule has 0 aliphatic heterocycles. The molecule has 0 spiro atoms. The molecule has 2 rings (SSSR count). The molecule has 0 amide bonds. The number of hydrogen-bond acceptors (Lipinski definition) is 5. The van der Waals surface area contributed by atoms with Crippen LogP contribution in [0.5, 0.6) is 0 Å². The summed E-state index contributed by atoms with van der Waals surface area (Å²) in [5, 5.41) is 0. The van der Waals surface area contributed by atoms with E-state index < -0.39 is 10.0 Å². The molecule has 0 fully saturated rings. The molecule has 0 atom stereocenters. The highest BCUT2D eigenvalue weighted by Crippen LogP contribution is 2.25.